The molecule has 1 aromatic carbocycles. The molecule has 0 saturated carbocycles. The molecule has 7 nitrogen and oxygen atoms in total. The van der Waals surface area contributed by atoms with Crippen LogP contribution >= 0.6 is 12.2 Å². The number of hydrazine groups is 1. The number of amides is 3. The van der Waals surface area contributed by atoms with Crippen molar-refractivity contribution >= 4 is 35.1 Å². The van der Waals surface area contributed by atoms with E-state index in [2.05, 4.69) is 10.7 Å². The van der Waals surface area contributed by atoms with Gasteiger partial charge in [0.2, 0.25) is 5.91 Å². The molecule has 0 aromatic heterocycles. The van der Waals surface area contributed by atoms with Crippen LogP contribution in [0.2, 0.25) is 0 Å². The highest BCUT2D eigenvalue weighted by Crippen LogP contribution is 2.17. The molecule has 1 heterocycles. The maximum atomic E-state index is 12.3. The number of hydrogen-bond donors (Lipinski definition) is 2. The molecular formula is C15H18N4O3S. The van der Waals surface area contributed by atoms with E-state index in [9.17, 15) is 14.4 Å². The van der Waals surface area contributed by atoms with Gasteiger partial charge < -0.3 is 5.32 Å². The number of thiocarbonyl (C=S) groups is 1. The molecule has 1 saturated heterocycles. The zero-order valence-electron chi connectivity index (χ0n) is 12.9. The first kappa shape index (κ1) is 16.9. The molecule has 0 aliphatic carbocycles. The van der Waals surface area contributed by atoms with Crippen LogP contribution in [0, 0.1) is 0 Å². The van der Waals surface area contributed by atoms with Gasteiger partial charge in [0.05, 0.1) is 6.42 Å². The average molecular weight is 334 g/mol. The molecule has 1 atom stereocenters. The maximum Gasteiger partial charge on any atom is 0.269 e. The summed E-state index contributed by atoms with van der Waals surface area (Å²) in [6.45, 7) is 2.26. The molecule has 1 aliphatic heterocycles. The molecule has 8 heteroatoms. The first-order chi connectivity index (χ1) is 11.0. The minimum absolute atomic E-state index is 0.0772. The molecule has 1 aliphatic rings. The van der Waals surface area contributed by atoms with E-state index in [0.717, 1.165) is 0 Å². The summed E-state index contributed by atoms with van der Waals surface area (Å²) in [6, 6.07) is 7.73. The SMILES string of the molecule is CCNC(=O)CC1C(=O)N(C)C(=S)N1NC(=O)c1ccccc1. The molecule has 1 fully saturated rings. The van der Waals surface area contributed by atoms with Crippen LogP contribution in [0.3, 0.4) is 0 Å². The Balaban J connectivity index is 2.16. The molecule has 1 unspecified atom stereocenters. The fourth-order valence-corrected chi connectivity index (χ4v) is 2.50. The second-order valence-corrected chi connectivity index (χ2v) is 5.40. The van der Waals surface area contributed by atoms with Crippen LogP contribution in [0.25, 0.3) is 0 Å². The van der Waals surface area contributed by atoms with Gasteiger partial charge >= 0.3 is 0 Å². The molecule has 1 aromatic rings. The molecule has 122 valence electrons. The summed E-state index contributed by atoms with van der Waals surface area (Å²) in [5.74, 6) is -0.991. The Hall–Kier alpha value is -2.48. The number of nitrogens with zero attached hydrogens (tertiary/aromatic N) is 2. The third kappa shape index (κ3) is 3.65. The van der Waals surface area contributed by atoms with E-state index < -0.39 is 11.9 Å². The van der Waals surface area contributed by atoms with Crippen molar-refractivity contribution in [3.63, 3.8) is 0 Å². The van der Waals surface area contributed by atoms with Crippen molar-refractivity contribution in [3.05, 3.63) is 35.9 Å². The third-order valence-corrected chi connectivity index (χ3v) is 3.90. The van der Waals surface area contributed by atoms with E-state index in [4.69, 9.17) is 12.2 Å². The van der Waals surface area contributed by atoms with Crippen molar-refractivity contribution in [2.75, 3.05) is 13.6 Å². The van der Waals surface area contributed by atoms with Crippen molar-refractivity contribution in [1.82, 2.24) is 20.7 Å². The molecule has 0 bridgehead atoms. The van der Waals surface area contributed by atoms with Gasteiger partial charge in [-0.25, -0.2) is 5.01 Å². The Morgan fingerprint density at radius 1 is 1.26 bits per heavy atom. The predicted octanol–water partition coefficient (Wildman–Crippen LogP) is 0.285. The van der Waals surface area contributed by atoms with E-state index in [1.807, 2.05) is 0 Å². The van der Waals surface area contributed by atoms with Gasteiger partial charge in [0.15, 0.2) is 5.11 Å². The van der Waals surface area contributed by atoms with Crippen LogP contribution in [0.5, 0.6) is 0 Å². The molecule has 2 rings (SSSR count). The van der Waals surface area contributed by atoms with E-state index in [0.29, 0.717) is 12.1 Å². The highest BCUT2D eigenvalue weighted by molar-refractivity contribution is 7.80. The van der Waals surface area contributed by atoms with E-state index in [1.54, 1.807) is 37.3 Å². The lowest BCUT2D eigenvalue weighted by molar-refractivity contribution is -0.131. The first-order valence-electron chi connectivity index (χ1n) is 7.19. The Bertz CT molecular complexity index is 635. The van der Waals surface area contributed by atoms with Gasteiger partial charge in [-0.15, -0.1) is 0 Å². The van der Waals surface area contributed by atoms with Crippen molar-refractivity contribution in [2.45, 2.75) is 19.4 Å². The predicted molar refractivity (Wildman–Crippen MR) is 88.2 cm³/mol. The Kier molecular flexibility index (Phi) is 5.28. The van der Waals surface area contributed by atoms with Crippen LogP contribution in [0.15, 0.2) is 30.3 Å². The Labute approximate surface area is 139 Å². The molecule has 0 radical (unpaired) electrons. The maximum absolute atomic E-state index is 12.3. The van der Waals surface area contributed by atoms with Crippen molar-refractivity contribution < 1.29 is 14.4 Å². The van der Waals surface area contributed by atoms with Crippen molar-refractivity contribution in [1.29, 1.82) is 0 Å². The quantitative estimate of drug-likeness (QED) is 0.756. The fraction of sp³-hybridized carbons (Fsp3) is 0.333. The summed E-state index contributed by atoms with van der Waals surface area (Å²) >= 11 is 5.19. The average Bonchev–Trinajstić information content (AvgIpc) is 2.74. The minimum Gasteiger partial charge on any atom is -0.356 e. The molecule has 0 spiro atoms. The van der Waals surface area contributed by atoms with Crippen molar-refractivity contribution in [2.24, 2.45) is 0 Å². The minimum atomic E-state index is -0.841. The Morgan fingerprint density at radius 3 is 2.52 bits per heavy atom. The van der Waals surface area contributed by atoms with Crippen LogP contribution in [-0.2, 0) is 9.59 Å². The number of hydrogen-bond acceptors (Lipinski definition) is 4. The molecule has 23 heavy (non-hydrogen) atoms. The smallest absolute Gasteiger partial charge is 0.269 e. The molecule has 2 N–H and O–H groups in total. The number of likely N-dealkylation sites (N-methyl/N-ethyl adjacent to an activating group) is 1. The van der Waals surface area contributed by atoms with Crippen LogP contribution in [0.1, 0.15) is 23.7 Å². The molecule has 3 amide bonds. The lowest BCUT2D eigenvalue weighted by atomic mass is 10.2. The Morgan fingerprint density at radius 2 is 1.91 bits per heavy atom. The summed E-state index contributed by atoms with van der Waals surface area (Å²) in [4.78, 5) is 37.6. The lowest BCUT2D eigenvalue weighted by Crippen LogP contribution is -2.50. The standard InChI is InChI=1S/C15H18N4O3S/c1-3-16-12(20)9-11-14(22)18(2)15(23)19(11)17-13(21)10-7-5-4-6-8-10/h4-8,11H,3,9H2,1-2H3,(H,16,20)(H,17,21). The first-order valence-corrected chi connectivity index (χ1v) is 7.60. The topological polar surface area (TPSA) is 81.8 Å². The summed E-state index contributed by atoms with van der Waals surface area (Å²) in [7, 11) is 1.52. The fourth-order valence-electron chi connectivity index (χ4n) is 2.24. The van der Waals surface area contributed by atoms with Gasteiger partial charge in [0, 0.05) is 19.2 Å². The number of rotatable bonds is 5. The van der Waals surface area contributed by atoms with Gasteiger partial charge in [0.1, 0.15) is 6.04 Å². The monoisotopic (exact) mass is 334 g/mol. The lowest BCUT2D eigenvalue weighted by Gasteiger charge is -2.23. The van der Waals surface area contributed by atoms with E-state index in [1.165, 1.54) is 17.0 Å². The summed E-state index contributed by atoms with van der Waals surface area (Å²) in [6.07, 6.45) is -0.0772. The van der Waals surface area contributed by atoms with Gasteiger partial charge in [-0.3, -0.25) is 24.7 Å². The van der Waals surface area contributed by atoms with Crippen molar-refractivity contribution in [3.8, 4) is 0 Å². The van der Waals surface area contributed by atoms with E-state index >= 15 is 0 Å². The highest BCUT2D eigenvalue weighted by atomic mass is 32.1. The normalized spacial score (nSPS) is 17.4. The number of benzene rings is 1. The van der Waals surface area contributed by atoms with Gasteiger partial charge in [-0.05, 0) is 31.3 Å². The van der Waals surface area contributed by atoms with Gasteiger partial charge in [0.25, 0.3) is 11.8 Å². The van der Waals surface area contributed by atoms with Crippen LogP contribution < -0.4 is 10.7 Å². The zero-order chi connectivity index (χ0) is 17.0. The number of carbonyl (C=O) groups excluding carboxylic acids is 3. The van der Waals surface area contributed by atoms with Crippen LogP contribution in [-0.4, -0.2) is 52.4 Å². The zero-order valence-corrected chi connectivity index (χ0v) is 13.7. The third-order valence-electron chi connectivity index (χ3n) is 3.43. The van der Waals surface area contributed by atoms with Crippen LogP contribution in [0.4, 0.5) is 0 Å². The van der Waals surface area contributed by atoms with Gasteiger partial charge in [-0.1, -0.05) is 18.2 Å². The summed E-state index contributed by atoms with van der Waals surface area (Å²) < 4.78 is 0. The summed E-state index contributed by atoms with van der Waals surface area (Å²) in [5.41, 5.74) is 3.05. The summed E-state index contributed by atoms with van der Waals surface area (Å²) in [5, 5.41) is 4.08. The molecular weight excluding hydrogens is 316 g/mol. The highest BCUT2D eigenvalue weighted by Gasteiger charge is 2.42. The largest absolute Gasteiger partial charge is 0.356 e. The number of nitrogens with one attached hydrogen (secondary N) is 2. The number of carbonyl (C=O) groups is 3. The second-order valence-electron chi connectivity index (χ2n) is 5.03. The van der Waals surface area contributed by atoms with Gasteiger partial charge in [-0.2, -0.15) is 0 Å². The van der Waals surface area contributed by atoms with E-state index in [-0.39, 0.29) is 23.3 Å². The second kappa shape index (κ2) is 7.19.